The number of hydrogen-bond acceptors (Lipinski definition) is 2. The molecule has 3 rings (SSSR count). The largest absolute Gasteiger partial charge is 0.338 e. The van der Waals surface area contributed by atoms with Crippen LogP contribution in [0.2, 0.25) is 0 Å². The van der Waals surface area contributed by atoms with Gasteiger partial charge in [-0.1, -0.05) is 49.1 Å². The lowest BCUT2D eigenvalue weighted by Gasteiger charge is -2.39. The molecule has 26 heavy (non-hydrogen) atoms. The van der Waals surface area contributed by atoms with Gasteiger partial charge in [0.15, 0.2) is 0 Å². The molecule has 1 unspecified atom stereocenters. The summed E-state index contributed by atoms with van der Waals surface area (Å²) in [5.74, 6) is 0.631. The monoisotopic (exact) mass is 357 g/mol. The second kappa shape index (κ2) is 8.56. The molecule has 2 aliphatic rings. The van der Waals surface area contributed by atoms with Crippen molar-refractivity contribution in [3.05, 3.63) is 35.4 Å². The Kier molecular flexibility index (Phi) is 6.17. The molecule has 0 radical (unpaired) electrons. The summed E-state index contributed by atoms with van der Waals surface area (Å²) in [7, 11) is 0. The minimum absolute atomic E-state index is 0.0329. The quantitative estimate of drug-likeness (QED) is 0.899. The summed E-state index contributed by atoms with van der Waals surface area (Å²) < 4.78 is 0. The SMILES string of the molecule is Cc1cccc(CN2CCN(C(=O)NCC3CCCCC3)C(C)C2=O)c1. The highest BCUT2D eigenvalue weighted by molar-refractivity contribution is 5.88. The van der Waals surface area contributed by atoms with E-state index >= 15 is 0 Å². The van der Waals surface area contributed by atoms with Gasteiger partial charge in [0.25, 0.3) is 0 Å². The maximum absolute atomic E-state index is 12.7. The Labute approximate surface area is 156 Å². The van der Waals surface area contributed by atoms with Gasteiger partial charge in [-0.3, -0.25) is 4.79 Å². The fraction of sp³-hybridized carbons (Fsp3) is 0.619. The Morgan fingerprint density at radius 2 is 1.96 bits per heavy atom. The lowest BCUT2D eigenvalue weighted by molar-refractivity contribution is -0.139. The second-order valence-corrected chi connectivity index (χ2v) is 7.81. The highest BCUT2D eigenvalue weighted by atomic mass is 16.2. The molecule has 5 heteroatoms. The molecule has 1 aromatic carbocycles. The minimum Gasteiger partial charge on any atom is -0.338 e. The Balaban J connectivity index is 1.52. The second-order valence-electron chi connectivity index (χ2n) is 7.81. The standard InChI is InChI=1S/C21H31N3O2/c1-16-7-6-10-19(13-16)15-23-11-12-24(17(2)20(23)25)21(26)22-14-18-8-4-3-5-9-18/h6-7,10,13,17-18H,3-5,8-9,11-12,14-15H2,1-2H3,(H,22,26). The molecule has 3 amide bonds. The van der Waals surface area contributed by atoms with Crippen LogP contribution in [0.1, 0.15) is 50.2 Å². The molecular weight excluding hydrogens is 326 g/mol. The van der Waals surface area contributed by atoms with Gasteiger partial charge < -0.3 is 15.1 Å². The predicted molar refractivity (Wildman–Crippen MR) is 103 cm³/mol. The summed E-state index contributed by atoms with van der Waals surface area (Å²) in [5, 5.41) is 3.06. The van der Waals surface area contributed by atoms with E-state index in [1.807, 2.05) is 24.0 Å². The molecule has 5 nitrogen and oxygen atoms in total. The van der Waals surface area contributed by atoms with Crippen LogP contribution in [-0.2, 0) is 11.3 Å². The summed E-state index contributed by atoms with van der Waals surface area (Å²) >= 11 is 0. The van der Waals surface area contributed by atoms with Crippen molar-refractivity contribution in [2.45, 2.75) is 58.5 Å². The number of aryl methyl sites for hydroxylation is 1. The average Bonchev–Trinajstić information content (AvgIpc) is 2.65. The molecule has 1 aliphatic carbocycles. The first-order chi connectivity index (χ1) is 12.5. The number of nitrogens with zero attached hydrogens (tertiary/aromatic N) is 2. The van der Waals surface area contributed by atoms with E-state index in [0.717, 1.165) is 12.1 Å². The number of piperazine rings is 1. The Morgan fingerprint density at radius 1 is 1.19 bits per heavy atom. The van der Waals surface area contributed by atoms with Gasteiger partial charge in [-0.25, -0.2) is 4.79 Å². The third-order valence-corrected chi connectivity index (χ3v) is 5.73. The minimum atomic E-state index is -0.403. The highest BCUT2D eigenvalue weighted by Crippen LogP contribution is 2.23. The number of carbonyl (C=O) groups is 2. The first kappa shape index (κ1) is 18.7. The first-order valence-electron chi connectivity index (χ1n) is 9.93. The van der Waals surface area contributed by atoms with Crippen molar-refractivity contribution in [1.82, 2.24) is 15.1 Å². The molecule has 1 atom stereocenters. The van der Waals surface area contributed by atoms with E-state index in [4.69, 9.17) is 0 Å². The van der Waals surface area contributed by atoms with Crippen LogP contribution in [0.25, 0.3) is 0 Å². The van der Waals surface area contributed by atoms with Gasteiger partial charge in [-0.05, 0) is 38.2 Å². The summed E-state index contributed by atoms with van der Waals surface area (Å²) in [6.45, 7) is 6.43. The maximum Gasteiger partial charge on any atom is 0.318 e. The zero-order chi connectivity index (χ0) is 18.5. The Bertz CT molecular complexity index is 640. The predicted octanol–water partition coefficient (Wildman–Crippen LogP) is 3.32. The molecular formula is C21H31N3O2. The third kappa shape index (κ3) is 4.57. The lowest BCUT2D eigenvalue weighted by atomic mass is 9.89. The number of urea groups is 1. The van der Waals surface area contributed by atoms with E-state index in [0.29, 0.717) is 25.6 Å². The number of carbonyl (C=O) groups excluding carboxylic acids is 2. The molecule has 1 N–H and O–H groups in total. The van der Waals surface area contributed by atoms with Crippen LogP contribution in [0.15, 0.2) is 24.3 Å². The topological polar surface area (TPSA) is 52.6 Å². The normalized spacial score (nSPS) is 21.8. The summed E-state index contributed by atoms with van der Waals surface area (Å²) in [5.41, 5.74) is 2.34. The molecule has 1 saturated carbocycles. The van der Waals surface area contributed by atoms with Crippen LogP contribution < -0.4 is 5.32 Å². The van der Waals surface area contributed by atoms with Crippen molar-refractivity contribution >= 4 is 11.9 Å². The number of rotatable bonds is 4. The van der Waals surface area contributed by atoms with Crippen molar-refractivity contribution in [3.8, 4) is 0 Å². The van der Waals surface area contributed by atoms with Gasteiger partial charge in [0.05, 0.1) is 0 Å². The van der Waals surface area contributed by atoms with E-state index in [2.05, 4.69) is 24.4 Å². The Morgan fingerprint density at radius 3 is 2.69 bits per heavy atom. The van der Waals surface area contributed by atoms with Crippen LogP contribution in [0, 0.1) is 12.8 Å². The van der Waals surface area contributed by atoms with Crippen molar-refractivity contribution in [1.29, 1.82) is 0 Å². The Hall–Kier alpha value is -2.04. The van der Waals surface area contributed by atoms with E-state index < -0.39 is 6.04 Å². The van der Waals surface area contributed by atoms with E-state index in [1.165, 1.54) is 37.7 Å². The molecule has 0 bridgehead atoms. The van der Waals surface area contributed by atoms with Gasteiger partial charge in [-0.15, -0.1) is 0 Å². The first-order valence-corrected chi connectivity index (χ1v) is 9.93. The molecule has 2 fully saturated rings. The number of amides is 3. The highest BCUT2D eigenvalue weighted by Gasteiger charge is 2.34. The van der Waals surface area contributed by atoms with Crippen LogP contribution in [0.5, 0.6) is 0 Å². The van der Waals surface area contributed by atoms with Crippen LogP contribution in [0.3, 0.4) is 0 Å². The molecule has 1 saturated heterocycles. The van der Waals surface area contributed by atoms with Crippen LogP contribution >= 0.6 is 0 Å². The molecule has 1 aliphatic heterocycles. The average molecular weight is 357 g/mol. The van der Waals surface area contributed by atoms with Crippen LogP contribution in [-0.4, -0.2) is 47.4 Å². The number of hydrogen-bond donors (Lipinski definition) is 1. The summed E-state index contributed by atoms with van der Waals surface area (Å²) in [6, 6.07) is 7.75. The zero-order valence-corrected chi connectivity index (χ0v) is 16.0. The van der Waals surface area contributed by atoms with E-state index in [1.54, 1.807) is 4.90 Å². The number of nitrogens with one attached hydrogen (secondary N) is 1. The molecule has 1 heterocycles. The summed E-state index contributed by atoms with van der Waals surface area (Å²) in [6.07, 6.45) is 6.27. The van der Waals surface area contributed by atoms with Gasteiger partial charge in [0, 0.05) is 26.2 Å². The van der Waals surface area contributed by atoms with Gasteiger partial charge in [-0.2, -0.15) is 0 Å². The molecule has 1 aromatic rings. The lowest BCUT2D eigenvalue weighted by Crippen LogP contribution is -2.59. The third-order valence-electron chi connectivity index (χ3n) is 5.73. The smallest absolute Gasteiger partial charge is 0.318 e. The maximum atomic E-state index is 12.7. The van der Waals surface area contributed by atoms with Gasteiger partial charge >= 0.3 is 6.03 Å². The van der Waals surface area contributed by atoms with Crippen molar-refractivity contribution in [3.63, 3.8) is 0 Å². The van der Waals surface area contributed by atoms with E-state index in [9.17, 15) is 9.59 Å². The number of benzene rings is 1. The van der Waals surface area contributed by atoms with Crippen molar-refractivity contribution < 1.29 is 9.59 Å². The summed E-state index contributed by atoms with van der Waals surface area (Å²) in [4.78, 5) is 28.8. The zero-order valence-electron chi connectivity index (χ0n) is 16.0. The molecule has 0 spiro atoms. The van der Waals surface area contributed by atoms with Gasteiger partial charge in [0.2, 0.25) is 5.91 Å². The van der Waals surface area contributed by atoms with Crippen molar-refractivity contribution in [2.75, 3.05) is 19.6 Å². The molecule has 142 valence electrons. The van der Waals surface area contributed by atoms with Crippen molar-refractivity contribution in [2.24, 2.45) is 5.92 Å². The van der Waals surface area contributed by atoms with Gasteiger partial charge in [0.1, 0.15) is 6.04 Å². The molecule has 0 aromatic heterocycles. The fourth-order valence-electron chi connectivity index (χ4n) is 4.12. The van der Waals surface area contributed by atoms with Crippen LogP contribution in [0.4, 0.5) is 4.79 Å². The van der Waals surface area contributed by atoms with E-state index in [-0.39, 0.29) is 11.9 Å². The fourth-order valence-corrected chi connectivity index (χ4v) is 4.12.